The number of likely N-dealkylation sites (tertiary alicyclic amines) is 1. The van der Waals surface area contributed by atoms with E-state index in [-0.39, 0.29) is 36.0 Å². The Morgan fingerprint density at radius 3 is 2.79 bits per heavy atom. The van der Waals surface area contributed by atoms with E-state index in [0.717, 1.165) is 6.54 Å². The molecule has 0 bridgehead atoms. The smallest absolute Gasteiger partial charge is 0.275 e. The fourth-order valence-corrected chi connectivity index (χ4v) is 3.37. The number of fused-ring (bicyclic) bond motifs is 2. The predicted molar refractivity (Wildman–Crippen MR) is 91.7 cm³/mol. The van der Waals surface area contributed by atoms with Gasteiger partial charge in [0.15, 0.2) is 5.69 Å². The van der Waals surface area contributed by atoms with Gasteiger partial charge in [-0.25, -0.2) is 4.68 Å². The highest BCUT2D eigenvalue weighted by Crippen LogP contribution is 2.21. The first-order chi connectivity index (χ1) is 11.1. The molecule has 3 heterocycles. The molecule has 4 rings (SSSR count). The summed E-state index contributed by atoms with van der Waals surface area (Å²) in [4.78, 5) is 26.9. The molecule has 0 radical (unpaired) electrons. The summed E-state index contributed by atoms with van der Waals surface area (Å²) in [7, 11) is 1.57. The second-order valence-corrected chi connectivity index (χ2v) is 6.00. The van der Waals surface area contributed by atoms with Crippen LogP contribution in [0.15, 0.2) is 29.1 Å². The lowest BCUT2D eigenvalue weighted by molar-refractivity contribution is 0.0176. The van der Waals surface area contributed by atoms with Crippen LogP contribution < -0.4 is 10.9 Å². The summed E-state index contributed by atoms with van der Waals surface area (Å²) < 4.78 is 6.95. The van der Waals surface area contributed by atoms with Crippen molar-refractivity contribution in [1.82, 2.24) is 20.0 Å². The fourth-order valence-electron chi connectivity index (χ4n) is 3.37. The molecule has 0 saturated carbocycles. The predicted octanol–water partition coefficient (Wildman–Crippen LogP) is 0.168. The molecular formula is C16H19ClN4O3. The van der Waals surface area contributed by atoms with Crippen LogP contribution >= 0.6 is 12.4 Å². The Kier molecular flexibility index (Phi) is 4.58. The standard InChI is InChI=1S/C16H18N4O3.ClH/c1-19-15(21)11-5-3-2-4-10(11)14(18-19)16(22)20-8-12-13(9-20)23-7-6-17-12;/h2-5,12-13,17H,6-9H2,1H3;1H/t12-,13-;/m0./s1. The van der Waals surface area contributed by atoms with Gasteiger partial charge in [0.1, 0.15) is 0 Å². The highest BCUT2D eigenvalue weighted by atomic mass is 35.5. The zero-order chi connectivity index (χ0) is 16.0. The minimum Gasteiger partial charge on any atom is -0.373 e. The van der Waals surface area contributed by atoms with Gasteiger partial charge < -0.3 is 15.0 Å². The number of nitrogens with one attached hydrogen (secondary N) is 1. The maximum Gasteiger partial charge on any atom is 0.275 e. The van der Waals surface area contributed by atoms with Gasteiger partial charge in [0, 0.05) is 32.1 Å². The van der Waals surface area contributed by atoms with Gasteiger partial charge in [0.05, 0.1) is 24.1 Å². The molecule has 0 unspecified atom stereocenters. The fraction of sp³-hybridized carbons (Fsp3) is 0.438. The number of aromatic nitrogens is 2. The second-order valence-electron chi connectivity index (χ2n) is 6.00. The number of benzene rings is 1. The molecule has 2 fully saturated rings. The number of hydrogen-bond donors (Lipinski definition) is 1. The van der Waals surface area contributed by atoms with Crippen LogP contribution in [0.4, 0.5) is 0 Å². The van der Waals surface area contributed by atoms with Crippen LogP contribution in [-0.2, 0) is 11.8 Å². The third kappa shape index (κ3) is 2.68. The highest BCUT2D eigenvalue weighted by molar-refractivity contribution is 6.04. The van der Waals surface area contributed by atoms with Gasteiger partial charge in [0.2, 0.25) is 0 Å². The number of amides is 1. The van der Waals surface area contributed by atoms with Crippen LogP contribution in [0.25, 0.3) is 10.8 Å². The molecule has 2 aromatic rings. The number of halogens is 1. The number of ether oxygens (including phenoxy) is 1. The topological polar surface area (TPSA) is 76.5 Å². The monoisotopic (exact) mass is 350 g/mol. The first kappa shape index (κ1) is 16.9. The Balaban J connectivity index is 0.00000169. The largest absolute Gasteiger partial charge is 0.373 e. The lowest BCUT2D eigenvalue weighted by atomic mass is 10.1. The molecule has 1 amide bonds. The van der Waals surface area contributed by atoms with E-state index >= 15 is 0 Å². The first-order valence-corrected chi connectivity index (χ1v) is 7.75. The second kappa shape index (κ2) is 6.51. The van der Waals surface area contributed by atoms with E-state index in [2.05, 4.69) is 10.4 Å². The summed E-state index contributed by atoms with van der Waals surface area (Å²) in [5.74, 6) is -0.156. The van der Waals surface area contributed by atoms with Crippen LogP contribution in [0.1, 0.15) is 10.5 Å². The normalized spacial score (nSPS) is 23.0. The van der Waals surface area contributed by atoms with Crippen molar-refractivity contribution in [1.29, 1.82) is 0 Å². The van der Waals surface area contributed by atoms with E-state index < -0.39 is 0 Å². The minimum atomic E-state index is -0.197. The number of hydrogen-bond acceptors (Lipinski definition) is 5. The number of carbonyl (C=O) groups excluding carboxylic acids is 1. The zero-order valence-corrected chi connectivity index (χ0v) is 14.1. The third-order valence-electron chi connectivity index (χ3n) is 4.55. The van der Waals surface area contributed by atoms with Crippen molar-refractivity contribution in [2.45, 2.75) is 12.1 Å². The highest BCUT2D eigenvalue weighted by Gasteiger charge is 2.38. The summed E-state index contributed by atoms with van der Waals surface area (Å²) in [6, 6.07) is 7.28. The molecule has 8 heteroatoms. The first-order valence-electron chi connectivity index (χ1n) is 7.75. The summed E-state index contributed by atoms with van der Waals surface area (Å²) in [5.41, 5.74) is 0.124. The Hall–Kier alpha value is -1.96. The average Bonchev–Trinajstić information content (AvgIpc) is 3.01. The molecule has 24 heavy (non-hydrogen) atoms. The molecule has 2 aliphatic rings. The van der Waals surface area contributed by atoms with Crippen LogP contribution in [0, 0.1) is 0 Å². The van der Waals surface area contributed by atoms with Gasteiger partial charge in [-0.1, -0.05) is 18.2 Å². The zero-order valence-electron chi connectivity index (χ0n) is 13.3. The van der Waals surface area contributed by atoms with E-state index in [0.29, 0.717) is 36.2 Å². The molecule has 2 atom stereocenters. The van der Waals surface area contributed by atoms with Crippen molar-refractivity contribution < 1.29 is 9.53 Å². The van der Waals surface area contributed by atoms with Crippen molar-refractivity contribution in [3.05, 3.63) is 40.3 Å². The maximum atomic E-state index is 12.9. The molecule has 2 aliphatic heterocycles. The molecular weight excluding hydrogens is 332 g/mol. The number of nitrogens with zero attached hydrogens (tertiary/aromatic N) is 3. The van der Waals surface area contributed by atoms with E-state index in [1.807, 2.05) is 6.07 Å². The van der Waals surface area contributed by atoms with Crippen LogP contribution in [-0.4, -0.2) is 59.0 Å². The number of aryl methyl sites for hydroxylation is 1. The minimum absolute atomic E-state index is 0. The molecule has 1 N–H and O–H groups in total. The number of carbonyl (C=O) groups is 1. The maximum absolute atomic E-state index is 12.9. The third-order valence-corrected chi connectivity index (χ3v) is 4.55. The summed E-state index contributed by atoms with van der Waals surface area (Å²) >= 11 is 0. The van der Waals surface area contributed by atoms with E-state index in [1.165, 1.54) is 4.68 Å². The summed E-state index contributed by atoms with van der Waals surface area (Å²) in [6.07, 6.45) is 0.0338. The molecule has 0 aliphatic carbocycles. The van der Waals surface area contributed by atoms with Crippen LogP contribution in [0.2, 0.25) is 0 Å². The molecule has 2 saturated heterocycles. The molecule has 1 aromatic carbocycles. The lowest BCUT2D eigenvalue weighted by Crippen LogP contribution is -2.47. The van der Waals surface area contributed by atoms with Crippen molar-refractivity contribution in [3.63, 3.8) is 0 Å². The van der Waals surface area contributed by atoms with Crippen molar-refractivity contribution in [2.24, 2.45) is 7.05 Å². The SMILES string of the molecule is Cl.Cn1nc(C(=O)N2C[C@@H]3NCCO[C@H]3C2)c2ccccc2c1=O. The summed E-state index contributed by atoms with van der Waals surface area (Å²) in [6.45, 7) is 2.63. The Morgan fingerprint density at radius 1 is 1.29 bits per heavy atom. The van der Waals surface area contributed by atoms with Crippen LogP contribution in [0.3, 0.4) is 0 Å². The molecule has 7 nitrogen and oxygen atoms in total. The van der Waals surface area contributed by atoms with Gasteiger partial charge in [-0.3, -0.25) is 9.59 Å². The lowest BCUT2D eigenvalue weighted by Gasteiger charge is -2.25. The van der Waals surface area contributed by atoms with Crippen molar-refractivity contribution in [2.75, 3.05) is 26.2 Å². The molecule has 128 valence electrons. The average molecular weight is 351 g/mol. The Labute approximate surface area is 145 Å². The number of rotatable bonds is 1. The van der Waals surface area contributed by atoms with Crippen molar-refractivity contribution in [3.8, 4) is 0 Å². The van der Waals surface area contributed by atoms with Crippen LogP contribution in [0.5, 0.6) is 0 Å². The molecule has 1 aromatic heterocycles. The van der Waals surface area contributed by atoms with E-state index in [9.17, 15) is 9.59 Å². The van der Waals surface area contributed by atoms with Gasteiger partial charge in [-0.15, -0.1) is 12.4 Å². The van der Waals surface area contributed by atoms with Gasteiger partial charge in [-0.05, 0) is 6.07 Å². The van der Waals surface area contributed by atoms with E-state index in [1.54, 1.807) is 30.1 Å². The van der Waals surface area contributed by atoms with Gasteiger partial charge >= 0.3 is 0 Å². The van der Waals surface area contributed by atoms with Gasteiger partial charge in [0.25, 0.3) is 11.5 Å². The summed E-state index contributed by atoms with van der Waals surface area (Å²) in [5, 5.41) is 8.71. The number of morpholine rings is 1. The van der Waals surface area contributed by atoms with Gasteiger partial charge in [-0.2, -0.15) is 5.10 Å². The van der Waals surface area contributed by atoms with E-state index in [4.69, 9.17) is 4.74 Å². The quantitative estimate of drug-likeness (QED) is 0.793. The Bertz CT molecular complexity index is 824. The van der Waals surface area contributed by atoms with Crippen molar-refractivity contribution >= 4 is 29.1 Å². The molecule has 0 spiro atoms. The Morgan fingerprint density at radius 2 is 2.04 bits per heavy atom.